The number of anilines is 1. The molecule has 1 aliphatic rings. The Bertz CT molecular complexity index is 1040. The minimum absolute atomic E-state index is 0.137. The van der Waals surface area contributed by atoms with Gasteiger partial charge in [-0.1, -0.05) is 36.4 Å². The molecule has 6 nitrogen and oxygen atoms in total. The summed E-state index contributed by atoms with van der Waals surface area (Å²) >= 11 is 0. The van der Waals surface area contributed by atoms with Crippen LogP contribution in [-0.4, -0.2) is 28.1 Å². The number of aryl methyl sites for hydroxylation is 2. The Kier molecular flexibility index (Phi) is 5.42. The molecular formula is C23H24N4O2. The van der Waals surface area contributed by atoms with Gasteiger partial charge in [-0.05, 0) is 49.9 Å². The lowest BCUT2D eigenvalue weighted by molar-refractivity contribution is -0.116. The number of carbonyl (C=O) groups is 2. The maximum atomic E-state index is 12.6. The zero-order valence-electron chi connectivity index (χ0n) is 16.4. The first-order valence-electron chi connectivity index (χ1n) is 9.93. The van der Waals surface area contributed by atoms with Gasteiger partial charge in [0.05, 0.1) is 11.4 Å². The van der Waals surface area contributed by atoms with E-state index in [-0.39, 0.29) is 24.8 Å². The summed E-state index contributed by atoms with van der Waals surface area (Å²) in [5.41, 5.74) is 4.64. The Morgan fingerprint density at radius 1 is 1.03 bits per heavy atom. The van der Waals surface area contributed by atoms with Crippen LogP contribution in [0.1, 0.15) is 40.0 Å². The van der Waals surface area contributed by atoms with Gasteiger partial charge >= 0.3 is 0 Å². The summed E-state index contributed by atoms with van der Waals surface area (Å²) in [5, 5.41) is 10.6. The maximum Gasteiger partial charge on any atom is 0.251 e. The molecule has 1 aliphatic carbocycles. The number of aromatic nitrogens is 2. The molecule has 0 fully saturated rings. The van der Waals surface area contributed by atoms with Crippen LogP contribution in [-0.2, 0) is 17.6 Å². The fourth-order valence-electron chi connectivity index (χ4n) is 3.68. The third kappa shape index (κ3) is 4.06. The number of carbonyl (C=O) groups excluding carboxylic acids is 2. The van der Waals surface area contributed by atoms with Gasteiger partial charge in [0.1, 0.15) is 5.82 Å². The van der Waals surface area contributed by atoms with Crippen LogP contribution in [0, 0.1) is 6.92 Å². The first kappa shape index (κ1) is 18.9. The van der Waals surface area contributed by atoms with Gasteiger partial charge in [-0.3, -0.25) is 9.59 Å². The molecule has 2 N–H and O–H groups in total. The minimum Gasteiger partial charge on any atom is -0.352 e. The lowest BCUT2D eigenvalue weighted by Gasteiger charge is -2.12. The number of hydrogen-bond donors (Lipinski definition) is 2. The Hall–Kier alpha value is -3.41. The van der Waals surface area contributed by atoms with Crippen molar-refractivity contribution in [3.63, 3.8) is 0 Å². The van der Waals surface area contributed by atoms with Crippen LogP contribution in [0.5, 0.6) is 0 Å². The van der Waals surface area contributed by atoms with Gasteiger partial charge in [0, 0.05) is 24.1 Å². The standard InChI is InChI=1S/C23H24N4O2/c1-16-8-5-6-11-18(16)23(29)24-15-14-21(28)25-22-19-12-7-13-20(19)26-27(22)17-9-3-2-4-10-17/h2-6,8-11H,7,12-15H2,1H3,(H,24,29)(H,25,28). The van der Waals surface area contributed by atoms with E-state index in [4.69, 9.17) is 5.10 Å². The molecule has 4 rings (SSSR count). The topological polar surface area (TPSA) is 76.0 Å². The number of nitrogens with one attached hydrogen (secondary N) is 2. The van der Waals surface area contributed by atoms with E-state index in [1.165, 1.54) is 0 Å². The normalized spacial score (nSPS) is 12.4. The molecule has 0 spiro atoms. The summed E-state index contributed by atoms with van der Waals surface area (Å²) in [6.07, 6.45) is 3.11. The van der Waals surface area contributed by atoms with Crippen LogP contribution >= 0.6 is 0 Å². The van der Waals surface area contributed by atoms with Crippen molar-refractivity contribution in [2.24, 2.45) is 0 Å². The van der Waals surface area contributed by atoms with E-state index in [0.717, 1.165) is 47.6 Å². The van der Waals surface area contributed by atoms with Crippen LogP contribution < -0.4 is 10.6 Å². The third-order valence-corrected chi connectivity index (χ3v) is 5.19. The molecule has 1 aromatic heterocycles. The molecule has 0 saturated heterocycles. The molecule has 0 atom stereocenters. The molecule has 0 aliphatic heterocycles. The van der Waals surface area contributed by atoms with Crippen LogP contribution in [0.2, 0.25) is 0 Å². The molecule has 2 amide bonds. The Balaban J connectivity index is 1.41. The predicted octanol–water partition coefficient (Wildman–Crippen LogP) is 3.43. The first-order chi connectivity index (χ1) is 14.1. The smallest absolute Gasteiger partial charge is 0.251 e. The van der Waals surface area contributed by atoms with Crippen molar-refractivity contribution in [3.8, 4) is 5.69 Å². The van der Waals surface area contributed by atoms with E-state index in [9.17, 15) is 9.59 Å². The fourth-order valence-corrected chi connectivity index (χ4v) is 3.68. The van der Waals surface area contributed by atoms with Gasteiger partial charge in [-0.15, -0.1) is 0 Å². The molecule has 1 heterocycles. The quantitative estimate of drug-likeness (QED) is 0.679. The van der Waals surface area contributed by atoms with Crippen molar-refractivity contribution >= 4 is 17.6 Å². The molecule has 0 unspecified atom stereocenters. The van der Waals surface area contributed by atoms with E-state index >= 15 is 0 Å². The SMILES string of the molecule is Cc1ccccc1C(=O)NCCC(=O)Nc1c2c(nn1-c1ccccc1)CCC2. The summed E-state index contributed by atoms with van der Waals surface area (Å²) in [5.74, 6) is 0.451. The predicted molar refractivity (Wildman–Crippen MR) is 112 cm³/mol. The van der Waals surface area contributed by atoms with Crippen molar-refractivity contribution < 1.29 is 9.59 Å². The number of fused-ring (bicyclic) bond motifs is 1. The lowest BCUT2D eigenvalue weighted by atomic mass is 10.1. The molecule has 29 heavy (non-hydrogen) atoms. The van der Waals surface area contributed by atoms with Gasteiger partial charge in [0.2, 0.25) is 5.91 Å². The Morgan fingerprint density at radius 2 is 1.79 bits per heavy atom. The van der Waals surface area contributed by atoms with Crippen LogP contribution in [0.25, 0.3) is 5.69 Å². The van der Waals surface area contributed by atoms with Crippen LogP contribution in [0.3, 0.4) is 0 Å². The van der Waals surface area contributed by atoms with E-state index in [1.807, 2.05) is 60.1 Å². The van der Waals surface area contributed by atoms with Crippen molar-refractivity contribution in [2.75, 3.05) is 11.9 Å². The molecule has 0 saturated carbocycles. The van der Waals surface area contributed by atoms with Gasteiger partial charge < -0.3 is 10.6 Å². The van der Waals surface area contributed by atoms with Crippen molar-refractivity contribution in [3.05, 3.63) is 77.0 Å². The third-order valence-electron chi connectivity index (χ3n) is 5.19. The lowest BCUT2D eigenvalue weighted by Crippen LogP contribution is -2.28. The second-order valence-corrected chi connectivity index (χ2v) is 7.24. The average Bonchev–Trinajstić information content (AvgIpc) is 3.31. The van der Waals surface area contributed by atoms with E-state index in [2.05, 4.69) is 10.6 Å². The van der Waals surface area contributed by atoms with Gasteiger partial charge in [0.15, 0.2) is 0 Å². The highest BCUT2D eigenvalue weighted by atomic mass is 16.2. The second kappa shape index (κ2) is 8.31. The number of benzene rings is 2. The maximum absolute atomic E-state index is 12.6. The van der Waals surface area contributed by atoms with Crippen LogP contribution in [0.4, 0.5) is 5.82 Å². The van der Waals surface area contributed by atoms with E-state index in [1.54, 1.807) is 6.07 Å². The largest absolute Gasteiger partial charge is 0.352 e. The first-order valence-corrected chi connectivity index (χ1v) is 9.93. The van der Waals surface area contributed by atoms with E-state index in [0.29, 0.717) is 5.56 Å². The molecule has 3 aromatic rings. The molecule has 0 bridgehead atoms. The average molecular weight is 388 g/mol. The second-order valence-electron chi connectivity index (χ2n) is 7.24. The Morgan fingerprint density at radius 3 is 2.59 bits per heavy atom. The summed E-state index contributed by atoms with van der Waals surface area (Å²) in [7, 11) is 0. The number of nitrogens with zero attached hydrogens (tertiary/aromatic N) is 2. The molecule has 0 radical (unpaired) electrons. The highest BCUT2D eigenvalue weighted by molar-refractivity contribution is 5.96. The van der Waals surface area contributed by atoms with Crippen molar-refractivity contribution in [1.29, 1.82) is 0 Å². The minimum atomic E-state index is -0.161. The van der Waals surface area contributed by atoms with Gasteiger partial charge in [-0.2, -0.15) is 5.10 Å². The number of para-hydroxylation sites is 1. The van der Waals surface area contributed by atoms with Gasteiger partial charge in [0.25, 0.3) is 5.91 Å². The molecule has 148 valence electrons. The molecular weight excluding hydrogens is 364 g/mol. The highest BCUT2D eigenvalue weighted by Gasteiger charge is 2.24. The Labute approximate surface area is 169 Å². The number of hydrogen-bond acceptors (Lipinski definition) is 3. The van der Waals surface area contributed by atoms with Crippen molar-refractivity contribution in [1.82, 2.24) is 15.1 Å². The summed E-state index contributed by atoms with van der Waals surface area (Å²) in [6, 6.07) is 17.2. The summed E-state index contributed by atoms with van der Waals surface area (Å²) in [6.45, 7) is 2.17. The summed E-state index contributed by atoms with van der Waals surface area (Å²) < 4.78 is 1.81. The number of rotatable bonds is 6. The monoisotopic (exact) mass is 388 g/mol. The highest BCUT2D eigenvalue weighted by Crippen LogP contribution is 2.30. The fraction of sp³-hybridized carbons (Fsp3) is 0.261. The van der Waals surface area contributed by atoms with Crippen LogP contribution in [0.15, 0.2) is 54.6 Å². The summed E-state index contributed by atoms with van der Waals surface area (Å²) in [4.78, 5) is 24.9. The van der Waals surface area contributed by atoms with E-state index < -0.39 is 0 Å². The number of amides is 2. The van der Waals surface area contributed by atoms with Crippen molar-refractivity contribution in [2.45, 2.75) is 32.6 Å². The molecule has 6 heteroatoms. The zero-order valence-corrected chi connectivity index (χ0v) is 16.4. The van der Waals surface area contributed by atoms with Gasteiger partial charge in [-0.25, -0.2) is 4.68 Å². The zero-order chi connectivity index (χ0) is 20.2. The molecule has 2 aromatic carbocycles.